The molecule has 0 aromatic rings. The Morgan fingerprint density at radius 1 is 0.964 bits per heavy atom. The first kappa shape index (κ1) is 27.3. The molecule has 166 valence electrons. The van der Waals surface area contributed by atoms with Gasteiger partial charge in [-0.2, -0.15) is 0 Å². The van der Waals surface area contributed by atoms with E-state index < -0.39 is 14.3 Å². The number of rotatable bonds is 14. The minimum Gasteiger partial charge on any atom is -0.466 e. The number of hydrogen-bond donors (Lipinski definition) is 0. The minimum absolute atomic E-state index is 0.0304. The molecule has 0 N–H and O–H groups in total. The average Bonchev–Trinajstić information content (AvgIpc) is 2.53. The topological polar surface area (TPSA) is 52.6 Å². The van der Waals surface area contributed by atoms with Gasteiger partial charge in [0.2, 0.25) is 0 Å². The van der Waals surface area contributed by atoms with Crippen molar-refractivity contribution in [3.63, 3.8) is 0 Å². The fourth-order valence-electron chi connectivity index (χ4n) is 3.14. The predicted molar refractivity (Wildman–Crippen MR) is 120 cm³/mol. The van der Waals surface area contributed by atoms with E-state index in [4.69, 9.17) is 9.16 Å². The van der Waals surface area contributed by atoms with Crippen molar-refractivity contribution >= 4 is 20.1 Å². The number of ketones is 1. The number of carbonyl (C=O) groups excluding carboxylic acids is 2. The molecule has 0 aromatic carbocycles. The Hall–Kier alpha value is -0.683. The van der Waals surface area contributed by atoms with E-state index in [-0.39, 0.29) is 29.1 Å². The van der Waals surface area contributed by atoms with E-state index in [1.54, 1.807) is 6.92 Å². The summed E-state index contributed by atoms with van der Waals surface area (Å²) in [5.41, 5.74) is 0. The lowest BCUT2D eigenvalue weighted by Gasteiger charge is -2.36. The fraction of sp³-hybridized carbons (Fsp3) is 0.913. The molecule has 0 bridgehead atoms. The molecule has 2 atom stereocenters. The van der Waals surface area contributed by atoms with Gasteiger partial charge in [0.25, 0.3) is 0 Å². The highest BCUT2D eigenvalue weighted by molar-refractivity contribution is 6.74. The van der Waals surface area contributed by atoms with Crippen LogP contribution in [0.3, 0.4) is 0 Å². The molecule has 0 aliphatic carbocycles. The summed E-state index contributed by atoms with van der Waals surface area (Å²) in [6.07, 6.45) is 4.88. The average molecular weight is 415 g/mol. The summed E-state index contributed by atoms with van der Waals surface area (Å²) in [4.78, 5) is 24.6. The monoisotopic (exact) mass is 414 g/mol. The van der Waals surface area contributed by atoms with E-state index in [1.165, 1.54) is 6.42 Å². The predicted octanol–water partition coefficient (Wildman–Crippen LogP) is 6.39. The standard InChI is InChI=1S/C23H46O4Si/c1-10-26-22(25)17-21(24)20(19(4)14-11-13-18(2)3)15-12-16-27-28(8,9)23(5,6)7/h18-20H,10-17H2,1-9H3/t19-,20-/m1/s1. The summed E-state index contributed by atoms with van der Waals surface area (Å²) in [5.74, 6) is 0.513. The maximum Gasteiger partial charge on any atom is 0.313 e. The van der Waals surface area contributed by atoms with E-state index in [9.17, 15) is 9.59 Å². The number of carbonyl (C=O) groups is 2. The van der Waals surface area contributed by atoms with E-state index in [0.717, 1.165) is 25.7 Å². The molecule has 0 spiro atoms. The van der Waals surface area contributed by atoms with Crippen molar-refractivity contribution in [3.05, 3.63) is 0 Å². The molecule has 0 saturated heterocycles. The molecule has 0 saturated carbocycles. The van der Waals surface area contributed by atoms with Gasteiger partial charge in [-0.1, -0.05) is 60.8 Å². The van der Waals surface area contributed by atoms with Gasteiger partial charge in [0, 0.05) is 12.5 Å². The largest absolute Gasteiger partial charge is 0.466 e. The molecule has 5 heteroatoms. The third-order valence-electron chi connectivity index (χ3n) is 6.09. The van der Waals surface area contributed by atoms with Crippen LogP contribution in [-0.4, -0.2) is 33.3 Å². The maximum absolute atomic E-state index is 12.8. The molecule has 4 nitrogen and oxygen atoms in total. The van der Waals surface area contributed by atoms with Crippen molar-refractivity contribution in [2.45, 2.75) is 105 Å². The normalized spacial score (nSPS) is 14.8. The summed E-state index contributed by atoms with van der Waals surface area (Å²) in [6.45, 7) is 20.6. The Kier molecular flexibility index (Phi) is 12.5. The molecule has 0 unspecified atom stereocenters. The van der Waals surface area contributed by atoms with Gasteiger partial charge in [-0.05, 0) is 49.7 Å². The van der Waals surface area contributed by atoms with Crippen LogP contribution in [0.15, 0.2) is 0 Å². The zero-order chi connectivity index (χ0) is 22.0. The lowest BCUT2D eigenvalue weighted by Crippen LogP contribution is -2.41. The molecular weight excluding hydrogens is 368 g/mol. The van der Waals surface area contributed by atoms with E-state index in [2.05, 4.69) is 54.6 Å². The van der Waals surface area contributed by atoms with Crippen LogP contribution in [-0.2, 0) is 18.8 Å². The lowest BCUT2D eigenvalue weighted by molar-refractivity contribution is -0.146. The van der Waals surface area contributed by atoms with Gasteiger partial charge in [-0.3, -0.25) is 9.59 Å². The summed E-state index contributed by atoms with van der Waals surface area (Å²) >= 11 is 0. The van der Waals surface area contributed by atoms with Crippen LogP contribution >= 0.6 is 0 Å². The summed E-state index contributed by atoms with van der Waals surface area (Å²) in [5, 5.41) is 0.191. The Bertz CT molecular complexity index is 466. The molecule has 0 aliphatic rings. The molecule has 0 fully saturated rings. The highest BCUT2D eigenvalue weighted by Gasteiger charge is 2.37. The first-order valence-corrected chi connectivity index (χ1v) is 14.0. The molecule has 0 radical (unpaired) electrons. The molecule has 0 aromatic heterocycles. The van der Waals surface area contributed by atoms with Gasteiger partial charge in [-0.25, -0.2) is 0 Å². The van der Waals surface area contributed by atoms with Gasteiger partial charge in [0.05, 0.1) is 6.61 Å². The second kappa shape index (κ2) is 12.8. The highest BCUT2D eigenvalue weighted by Crippen LogP contribution is 2.36. The smallest absolute Gasteiger partial charge is 0.313 e. The Balaban J connectivity index is 4.79. The summed E-state index contributed by atoms with van der Waals surface area (Å²) in [6, 6.07) is 0. The van der Waals surface area contributed by atoms with Gasteiger partial charge in [0.15, 0.2) is 8.32 Å². The van der Waals surface area contributed by atoms with Crippen LogP contribution < -0.4 is 0 Å². The van der Waals surface area contributed by atoms with Crippen molar-refractivity contribution in [1.29, 1.82) is 0 Å². The van der Waals surface area contributed by atoms with Crippen LogP contribution in [0, 0.1) is 17.8 Å². The van der Waals surface area contributed by atoms with E-state index >= 15 is 0 Å². The van der Waals surface area contributed by atoms with Crippen molar-refractivity contribution in [1.82, 2.24) is 0 Å². The van der Waals surface area contributed by atoms with Crippen LogP contribution in [0.25, 0.3) is 0 Å². The third-order valence-corrected chi connectivity index (χ3v) is 10.6. The number of ether oxygens (including phenoxy) is 1. The van der Waals surface area contributed by atoms with Crippen LogP contribution in [0.1, 0.15) is 87.0 Å². The van der Waals surface area contributed by atoms with Crippen molar-refractivity contribution < 1.29 is 18.8 Å². The summed E-state index contributed by atoms with van der Waals surface area (Å²) < 4.78 is 11.3. The molecule has 28 heavy (non-hydrogen) atoms. The number of hydrogen-bond acceptors (Lipinski definition) is 4. The van der Waals surface area contributed by atoms with Crippen LogP contribution in [0.5, 0.6) is 0 Å². The molecule has 0 aliphatic heterocycles. The van der Waals surface area contributed by atoms with Gasteiger partial charge in [0.1, 0.15) is 12.2 Å². The van der Waals surface area contributed by atoms with Crippen molar-refractivity contribution in [3.8, 4) is 0 Å². The minimum atomic E-state index is -1.76. The van der Waals surface area contributed by atoms with Gasteiger partial charge >= 0.3 is 5.97 Å². The Morgan fingerprint density at radius 2 is 1.57 bits per heavy atom. The van der Waals surface area contributed by atoms with Gasteiger partial charge in [-0.15, -0.1) is 0 Å². The second-order valence-corrected chi connectivity index (χ2v) is 14.9. The van der Waals surface area contributed by atoms with Crippen molar-refractivity contribution in [2.75, 3.05) is 13.2 Å². The van der Waals surface area contributed by atoms with E-state index in [1.807, 2.05) is 0 Å². The maximum atomic E-state index is 12.8. The molecule has 0 rings (SSSR count). The third kappa shape index (κ3) is 10.8. The fourth-order valence-corrected chi connectivity index (χ4v) is 4.23. The first-order chi connectivity index (χ1) is 12.8. The highest BCUT2D eigenvalue weighted by atomic mass is 28.4. The number of Topliss-reactive ketones (excluding diaryl/α,β-unsaturated/α-hetero) is 1. The zero-order valence-corrected chi connectivity index (χ0v) is 21.0. The quantitative estimate of drug-likeness (QED) is 0.143. The molecule has 0 heterocycles. The van der Waals surface area contributed by atoms with Gasteiger partial charge < -0.3 is 9.16 Å². The first-order valence-electron chi connectivity index (χ1n) is 11.1. The van der Waals surface area contributed by atoms with Crippen LogP contribution in [0.2, 0.25) is 18.1 Å². The molecular formula is C23H46O4Si. The molecule has 0 amide bonds. The number of esters is 1. The Morgan fingerprint density at radius 3 is 2.07 bits per heavy atom. The SMILES string of the molecule is CCOC(=O)CC(=O)[C@H](CCCO[Si](C)(C)C(C)(C)C)[C@H](C)CCCC(C)C. The van der Waals surface area contributed by atoms with Crippen molar-refractivity contribution in [2.24, 2.45) is 17.8 Å². The second-order valence-electron chi connectivity index (χ2n) is 10.1. The lowest BCUT2D eigenvalue weighted by atomic mass is 9.81. The Labute approximate surface area is 175 Å². The summed E-state index contributed by atoms with van der Waals surface area (Å²) in [7, 11) is -1.76. The zero-order valence-electron chi connectivity index (χ0n) is 20.0. The van der Waals surface area contributed by atoms with Crippen LogP contribution in [0.4, 0.5) is 0 Å². The van der Waals surface area contributed by atoms with E-state index in [0.29, 0.717) is 19.1 Å².